The Labute approximate surface area is 87.4 Å². The summed E-state index contributed by atoms with van der Waals surface area (Å²) in [6.45, 7) is 0.132. The van der Waals surface area contributed by atoms with Crippen LogP contribution in [0.4, 0.5) is 4.79 Å². The SMILES string of the molecule is O=C1OCC(C(O)Cc2ccccc2)O1. The largest absolute Gasteiger partial charge is 0.508 e. The highest BCUT2D eigenvalue weighted by molar-refractivity contribution is 5.61. The number of hydrogen-bond acceptors (Lipinski definition) is 4. The molecule has 2 rings (SSSR count). The normalized spacial score (nSPS) is 21.9. The molecule has 4 heteroatoms. The number of aliphatic hydroxyl groups is 1. The Balaban J connectivity index is 1.92. The van der Waals surface area contributed by atoms with Crippen molar-refractivity contribution in [2.24, 2.45) is 0 Å². The molecule has 0 spiro atoms. The minimum Gasteiger partial charge on any atom is -0.430 e. The van der Waals surface area contributed by atoms with Gasteiger partial charge in [-0.2, -0.15) is 0 Å². The summed E-state index contributed by atoms with van der Waals surface area (Å²) in [5, 5.41) is 9.76. The number of benzene rings is 1. The monoisotopic (exact) mass is 208 g/mol. The number of aliphatic hydroxyl groups excluding tert-OH is 1. The first kappa shape index (κ1) is 9.98. The van der Waals surface area contributed by atoms with E-state index in [1.165, 1.54) is 0 Å². The van der Waals surface area contributed by atoms with Crippen molar-refractivity contribution in [2.45, 2.75) is 18.6 Å². The van der Waals surface area contributed by atoms with Crippen molar-refractivity contribution >= 4 is 6.16 Å². The van der Waals surface area contributed by atoms with Crippen LogP contribution in [0.3, 0.4) is 0 Å². The van der Waals surface area contributed by atoms with Crippen LogP contribution in [0.5, 0.6) is 0 Å². The molecule has 0 aliphatic carbocycles. The number of hydrogen-bond donors (Lipinski definition) is 1. The van der Waals surface area contributed by atoms with Crippen molar-refractivity contribution in [3.8, 4) is 0 Å². The Morgan fingerprint density at radius 2 is 2.13 bits per heavy atom. The Kier molecular flexibility index (Phi) is 2.87. The molecule has 1 aliphatic heterocycles. The zero-order valence-corrected chi connectivity index (χ0v) is 8.13. The third kappa shape index (κ3) is 2.47. The standard InChI is InChI=1S/C11H12O4/c12-9(10-7-14-11(13)15-10)6-8-4-2-1-3-5-8/h1-5,9-10,12H,6-7H2. The van der Waals surface area contributed by atoms with Gasteiger partial charge in [0.05, 0.1) is 6.10 Å². The van der Waals surface area contributed by atoms with Crippen LogP contribution in [0.25, 0.3) is 0 Å². The van der Waals surface area contributed by atoms with E-state index < -0.39 is 18.4 Å². The topological polar surface area (TPSA) is 55.8 Å². The fourth-order valence-electron chi connectivity index (χ4n) is 1.52. The minimum atomic E-state index is -0.709. The molecular weight excluding hydrogens is 196 g/mol. The summed E-state index contributed by atoms with van der Waals surface area (Å²) in [6, 6.07) is 9.55. The van der Waals surface area contributed by atoms with Gasteiger partial charge in [-0.3, -0.25) is 0 Å². The van der Waals surface area contributed by atoms with E-state index in [9.17, 15) is 9.90 Å². The summed E-state index contributed by atoms with van der Waals surface area (Å²) in [5.41, 5.74) is 1.01. The van der Waals surface area contributed by atoms with Crippen molar-refractivity contribution in [1.82, 2.24) is 0 Å². The van der Waals surface area contributed by atoms with Crippen molar-refractivity contribution in [3.63, 3.8) is 0 Å². The lowest BCUT2D eigenvalue weighted by molar-refractivity contribution is 0.0331. The molecule has 80 valence electrons. The zero-order valence-electron chi connectivity index (χ0n) is 8.13. The van der Waals surface area contributed by atoms with Crippen molar-refractivity contribution in [1.29, 1.82) is 0 Å². The molecule has 1 heterocycles. The molecular formula is C11H12O4. The Hall–Kier alpha value is -1.55. The molecule has 0 radical (unpaired) electrons. The zero-order chi connectivity index (χ0) is 10.7. The van der Waals surface area contributed by atoms with Crippen LogP contribution >= 0.6 is 0 Å². The number of carbonyl (C=O) groups excluding carboxylic acids is 1. The average molecular weight is 208 g/mol. The molecule has 0 bridgehead atoms. The summed E-state index contributed by atoms with van der Waals surface area (Å²) in [5.74, 6) is 0. The van der Waals surface area contributed by atoms with Gasteiger partial charge in [0, 0.05) is 6.42 Å². The van der Waals surface area contributed by atoms with E-state index in [1.807, 2.05) is 30.3 Å². The lowest BCUT2D eigenvalue weighted by atomic mass is 10.0. The van der Waals surface area contributed by atoms with E-state index in [1.54, 1.807) is 0 Å². The maximum Gasteiger partial charge on any atom is 0.508 e. The summed E-state index contributed by atoms with van der Waals surface area (Å²) in [6.07, 6.45) is -1.49. The lowest BCUT2D eigenvalue weighted by Crippen LogP contribution is -2.30. The molecule has 1 aromatic rings. The number of rotatable bonds is 3. The summed E-state index contributed by atoms with van der Waals surface area (Å²) >= 11 is 0. The predicted molar refractivity (Wildman–Crippen MR) is 52.4 cm³/mol. The second-order valence-corrected chi connectivity index (χ2v) is 3.47. The number of carbonyl (C=O) groups is 1. The molecule has 1 aliphatic rings. The second-order valence-electron chi connectivity index (χ2n) is 3.47. The molecule has 0 amide bonds. The van der Waals surface area contributed by atoms with E-state index in [-0.39, 0.29) is 6.61 Å². The van der Waals surface area contributed by atoms with Crippen molar-refractivity contribution in [3.05, 3.63) is 35.9 Å². The van der Waals surface area contributed by atoms with E-state index in [4.69, 9.17) is 4.74 Å². The van der Waals surface area contributed by atoms with E-state index in [0.717, 1.165) is 5.56 Å². The number of ether oxygens (including phenoxy) is 2. The first-order chi connectivity index (χ1) is 7.25. The second kappa shape index (κ2) is 4.31. The first-order valence-corrected chi connectivity index (χ1v) is 4.81. The van der Waals surface area contributed by atoms with E-state index in [2.05, 4.69) is 4.74 Å². The van der Waals surface area contributed by atoms with Gasteiger partial charge in [-0.05, 0) is 5.56 Å². The van der Waals surface area contributed by atoms with Crippen LogP contribution in [0.1, 0.15) is 5.56 Å². The fourth-order valence-corrected chi connectivity index (χ4v) is 1.52. The third-order valence-electron chi connectivity index (χ3n) is 2.33. The highest BCUT2D eigenvalue weighted by atomic mass is 16.8. The van der Waals surface area contributed by atoms with Gasteiger partial charge in [-0.25, -0.2) is 4.79 Å². The summed E-state index contributed by atoms with van der Waals surface area (Å²) < 4.78 is 9.39. The van der Waals surface area contributed by atoms with Crippen LogP contribution in [0.2, 0.25) is 0 Å². The average Bonchev–Trinajstić information content (AvgIpc) is 2.66. The molecule has 15 heavy (non-hydrogen) atoms. The molecule has 1 fully saturated rings. The van der Waals surface area contributed by atoms with Gasteiger partial charge in [0.25, 0.3) is 0 Å². The van der Waals surface area contributed by atoms with Crippen LogP contribution in [0.15, 0.2) is 30.3 Å². The van der Waals surface area contributed by atoms with Gasteiger partial charge in [-0.1, -0.05) is 30.3 Å². The van der Waals surface area contributed by atoms with Gasteiger partial charge in [0.15, 0.2) is 6.10 Å². The van der Waals surface area contributed by atoms with Gasteiger partial charge in [0.1, 0.15) is 6.61 Å². The van der Waals surface area contributed by atoms with Crippen LogP contribution in [0, 0.1) is 0 Å². The molecule has 2 unspecified atom stereocenters. The molecule has 0 aromatic heterocycles. The van der Waals surface area contributed by atoms with E-state index in [0.29, 0.717) is 6.42 Å². The fraction of sp³-hybridized carbons (Fsp3) is 0.364. The maximum absolute atomic E-state index is 10.7. The maximum atomic E-state index is 10.7. The van der Waals surface area contributed by atoms with Crippen LogP contribution < -0.4 is 0 Å². The molecule has 4 nitrogen and oxygen atoms in total. The molecule has 0 saturated carbocycles. The van der Waals surface area contributed by atoms with E-state index >= 15 is 0 Å². The van der Waals surface area contributed by atoms with Gasteiger partial charge in [0.2, 0.25) is 0 Å². The summed E-state index contributed by atoms with van der Waals surface area (Å²) in [7, 11) is 0. The van der Waals surface area contributed by atoms with Gasteiger partial charge < -0.3 is 14.6 Å². The first-order valence-electron chi connectivity index (χ1n) is 4.81. The van der Waals surface area contributed by atoms with Gasteiger partial charge in [-0.15, -0.1) is 0 Å². The molecule has 1 N–H and O–H groups in total. The van der Waals surface area contributed by atoms with Crippen molar-refractivity contribution < 1.29 is 19.4 Å². The molecule has 1 saturated heterocycles. The minimum absolute atomic E-state index is 0.132. The van der Waals surface area contributed by atoms with Crippen LogP contribution in [-0.2, 0) is 15.9 Å². The van der Waals surface area contributed by atoms with Crippen LogP contribution in [-0.4, -0.2) is 30.1 Å². The third-order valence-corrected chi connectivity index (χ3v) is 2.33. The lowest BCUT2D eigenvalue weighted by Gasteiger charge is -2.14. The number of cyclic esters (lactones) is 2. The Bertz CT molecular complexity index is 336. The quantitative estimate of drug-likeness (QED) is 0.756. The summed E-state index contributed by atoms with van der Waals surface area (Å²) in [4.78, 5) is 10.7. The molecule has 1 aromatic carbocycles. The Morgan fingerprint density at radius 3 is 2.73 bits per heavy atom. The van der Waals surface area contributed by atoms with Crippen molar-refractivity contribution in [2.75, 3.05) is 6.61 Å². The molecule has 2 atom stereocenters. The van der Waals surface area contributed by atoms with Gasteiger partial charge >= 0.3 is 6.16 Å². The smallest absolute Gasteiger partial charge is 0.430 e. The highest BCUT2D eigenvalue weighted by Gasteiger charge is 2.31. The predicted octanol–water partition coefficient (Wildman–Crippen LogP) is 1.13. The Morgan fingerprint density at radius 1 is 1.40 bits per heavy atom. The highest BCUT2D eigenvalue weighted by Crippen LogP contribution is 2.14.